The molecule has 0 aliphatic carbocycles. The molecule has 1 unspecified atom stereocenters. The molecule has 1 saturated heterocycles. The maximum Gasteiger partial charge on any atom is 0.409 e. The number of carbonyl (C=O) groups excluding carboxylic acids is 1. The highest BCUT2D eigenvalue weighted by Crippen LogP contribution is 2.19. The highest BCUT2D eigenvalue weighted by Gasteiger charge is 2.23. The van der Waals surface area contributed by atoms with E-state index >= 15 is 0 Å². The zero-order valence-corrected chi connectivity index (χ0v) is 14.3. The van der Waals surface area contributed by atoms with Crippen LogP contribution in [-0.2, 0) is 4.74 Å². The molecule has 1 amide bonds. The van der Waals surface area contributed by atoms with Crippen LogP contribution in [-0.4, -0.2) is 80.2 Å². The van der Waals surface area contributed by atoms with Gasteiger partial charge in [-0.25, -0.2) is 4.79 Å². The first-order valence-electron chi connectivity index (χ1n) is 8.21. The maximum atomic E-state index is 11.6. The zero-order chi connectivity index (χ0) is 17.4. The second kappa shape index (κ2) is 9.34. The quantitative estimate of drug-likeness (QED) is 0.806. The molecule has 0 radical (unpaired) electrons. The summed E-state index contributed by atoms with van der Waals surface area (Å²) in [6.07, 6.45) is -0.857. The Kier molecular flexibility index (Phi) is 7.14. The standard InChI is InChI=1S/C17H26N2O5/c1-3-23-17(21)19-9-7-18(8-10-19)12-14(20)13-24-16-6-4-5-15(11-16)22-2/h4-6,11,14,20H,3,7-10,12-13H2,1-2H3. The van der Waals surface area contributed by atoms with Gasteiger partial charge in [0.05, 0.1) is 13.7 Å². The van der Waals surface area contributed by atoms with Crippen LogP contribution in [0.5, 0.6) is 11.5 Å². The number of piperazine rings is 1. The summed E-state index contributed by atoms with van der Waals surface area (Å²) in [7, 11) is 1.60. The molecule has 2 rings (SSSR count). The smallest absolute Gasteiger partial charge is 0.409 e. The van der Waals surface area contributed by atoms with Gasteiger partial charge in [0.1, 0.15) is 24.2 Å². The Morgan fingerprint density at radius 1 is 1.25 bits per heavy atom. The number of methoxy groups -OCH3 is 1. The molecule has 1 aromatic carbocycles. The van der Waals surface area contributed by atoms with E-state index < -0.39 is 6.10 Å². The SMILES string of the molecule is CCOC(=O)N1CCN(CC(O)COc2cccc(OC)c2)CC1. The van der Waals surface area contributed by atoms with Crippen LogP contribution in [0.1, 0.15) is 6.92 Å². The predicted octanol–water partition coefficient (Wildman–Crippen LogP) is 1.21. The average molecular weight is 338 g/mol. The third-order valence-electron chi connectivity index (χ3n) is 3.85. The Bertz CT molecular complexity index is 517. The van der Waals surface area contributed by atoms with Gasteiger partial charge >= 0.3 is 6.09 Å². The molecule has 7 heteroatoms. The lowest BCUT2D eigenvalue weighted by atomic mass is 10.2. The monoisotopic (exact) mass is 338 g/mol. The molecule has 1 N–H and O–H groups in total. The molecule has 7 nitrogen and oxygen atoms in total. The molecular weight excluding hydrogens is 312 g/mol. The summed E-state index contributed by atoms with van der Waals surface area (Å²) in [6.45, 7) is 5.58. The molecule has 0 spiro atoms. The van der Waals surface area contributed by atoms with Crippen molar-refractivity contribution in [1.82, 2.24) is 9.80 Å². The number of nitrogens with zero attached hydrogens (tertiary/aromatic N) is 2. The van der Waals surface area contributed by atoms with Crippen molar-refractivity contribution >= 4 is 6.09 Å². The number of hydrogen-bond acceptors (Lipinski definition) is 6. The number of aliphatic hydroxyl groups excluding tert-OH is 1. The van der Waals surface area contributed by atoms with Crippen LogP contribution in [0.3, 0.4) is 0 Å². The lowest BCUT2D eigenvalue weighted by Crippen LogP contribution is -2.51. The molecule has 24 heavy (non-hydrogen) atoms. The van der Waals surface area contributed by atoms with Crippen LogP contribution >= 0.6 is 0 Å². The second-order valence-corrected chi connectivity index (χ2v) is 5.63. The topological polar surface area (TPSA) is 71.5 Å². The van der Waals surface area contributed by atoms with Crippen LogP contribution in [0.25, 0.3) is 0 Å². The first kappa shape index (κ1) is 18.4. The third-order valence-corrected chi connectivity index (χ3v) is 3.85. The van der Waals surface area contributed by atoms with Gasteiger partial charge in [-0.05, 0) is 19.1 Å². The van der Waals surface area contributed by atoms with Gasteiger partial charge in [-0.3, -0.25) is 4.90 Å². The average Bonchev–Trinajstić information content (AvgIpc) is 2.61. The molecule has 0 bridgehead atoms. The largest absolute Gasteiger partial charge is 0.497 e. The van der Waals surface area contributed by atoms with Gasteiger partial charge < -0.3 is 24.2 Å². The van der Waals surface area contributed by atoms with E-state index in [-0.39, 0.29) is 12.7 Å². The van der Waals surface area contributed by atoms with E-state index in [1.54, 1.807) is 25.0 Å². The summed E-state index contributed by atoms with van der Waals surface area (Å²) in [5.41, 5.74) is 0. The van der Waals surface area contributed by atoms with Crippen LogP contribution in [0.15, 0.2) is 24.3 Å². The normalized spacial score (nSPS) is 16.5. The molecular formula is C17H26N2O5. The van der Waals surface area contributed by atoms with Gasteiger partial charge in [-0.15, -0.1) is 0 Å². The number of ether oxygens (including phenoxy) is 3. The molecule has 0 saturated carbocycles. The highest BCUT2D eigenvalue weighted by atomic mass is 16.6. The number of amides is 1. The van der Waals surface area contributed by atoms with E-state index in [0.717, 1.165) is 18.8 Å². The van der Waals surface area contributed by atoms with Crippen molar-refractivity contribution < 1.29 is 24.1 Å². The summed E-state index contributed by atoms with van der Waals surface area (Å²) < 4.78 is 15.7. The van der Waals surface area contributed by atoms with Crippen LogP contribution in [0.2, 0.25) is 0 Å². The Morgan fingerprint density at radius 3 is 2.62 bits per heavy atom. The fourth-order valence-corrected chi connectivity index (χ4v) is 2.56. The molecule has 1 heterocycles. The Labute approximate surface area is 142 Å². The Hall–Kier alpha value is -1.99. The fraction of sp³-hybridized carbons (Fsp3) is 0.588. The third kappa shape index (κ3) is 5.58. The van der Waals surface area contributed by atoms with Crippen molar-refractivity contribution in [3.63, 3.8) is 0 Å². The lowest BCUT2D eigenvalue weighted by Gasteiger charge is -2.34. The zero-order valence-electron chi connectivity index (χ0n) is 14.3. The maximum absolute atomic E-state index is 11.6. The summed E-state index contributed by atoms with van der Waals surface area (Å²) in [4.78, 5) is 15.5. The van der Waals surface area contributed by atoms with E-state index in [1.165, 1.54) is 0 Å². The van der Waals surface area contributed by atoms with Crippen LogP contribution in [0, 0.1) is 0 Å². The number of rotatable bonds is 7. The minimum Gasteiger partial charge on any atom is -0.497 e. The van der Waals surface area contributed by atoms with Crippen molar-refractivity contribution in [3.8, 4) is 11.5 Å². The molecule has 1 aromatic rings. The summed E-state index contributed by atoms with van der Waals surface area (Å²) >= 11 is 0. The van der Waals surface area contributed by atoms with Gasteiger partial charge in [0.25, 0.3) is 0 Å². The number of hydrogen-bond donors (Lipinski definition) is 1. The number of aliphatic hydroxyl groups is 1. The van der Waals surface area contributed by atoms with E-state index in [0.29, 0.717) is 32.0 Å². The van der Waals surface area contributed by atoms with Crippen LogP contribution in [0.4, 0.5) is 4.79 Å². The predicted molar refractivity (Wildman–Crippen MR) is 89.5 cm³/mol. The van der Waals surface area contributed by atoms with Crippen molar-refractivity contribution in [2.24, 2.45) is 0 Å². The summed E-state index contributed by atoms with van der Waals surface area (Å²) in [5, 5.41) is 10.1. The van der Waals surface area contributed by atoms with Gasteiger partial charge in [-0.2, -0.15) is 0 Å². The molecule has 0 aromatic heterocycles. The van der Waals surface area contributed by atoms with Crippen molar-refractivity contribution in [3.05, 3.63) is 24.3 Å². The van der Waals surface area contributed by atoms with Crippen molar-refractivity contribution in [1.29, 1.82) is 0 Å². The van der Waals surface area contributed by atoms with Crippen molar-refractivity contribution in [2.45, 2.75) is 13.0 Å². The fourth-order valence-electron chi connectivity index (χ4n) is 2.56. The van der Waals surface area contributed by atoms with E-state index in [1.807, 2.05) is 18.2 Å². The molecule has 1 aliphatic heterocycles. The number of β-amino-alcohol motifs (C(OH)–C–C–N with tert-alkyl or cyclic N) is 1. The van der Waals surface area contributed by atoms with Crippen molar-refractivity contribution in [2.75, 3.05) is 53.0 Å². The lowest BCUT2D eigenvalue weighted by molar-refractivity contribution is 0.0407. The molecule has 134 valence electrons. The van der Waals surface area contributed by atoms with E-state index in [4.69, 9.17) is 14.2 Å². The van der Waals surface area contributed by atoms with Gasteiger partial charge in [0.15, 0.2) is 0 Å². The molecule has 1 fully saturated rings. The van der Waals surface area contributed by atoms with Gasteiger partial charge in [0, 0.05) is 38.8 Å². The van der Waals surface area contributed by atoms with E-state index in [2.05, 4.69) is 4.90 Å². The first-order chi connectivity index (χ1) is 11.6. The summed E-state index contributed by atoms with van der Waals surface area (Å²) in [6, 6.07) is 7.29. The van der Waals surface area contributed by atoms with Gasteiger partial charge in [-0.1, -0.05) is 6.07 Å². The van der Waals surface area contributed by atoms with E-state index in [9.17, 15) is 9.90 Å². The molecule has 1 atom stereocenters. The first-order valence-corrected chi connectivity index (χ1v) is 8.21. The Balaban J connectivity index is 1.69. The highest BCUT2D eigenvalue weighted by molar-refractivity contribution is 5.67. The number of carbonyl (C=O) groups is 1. The number of benzene rings is 1. The molecule has 1 aliphatic rings. The Morgan fingerprint density at radius 2 is 1.96 bits per heavy atom. The minimum absolute atomic E-state index is 0.214. The van der Waals surface area contributed by atoms with Gasteiger partial charge in [0.2, 0.25) is 0 Å². The second-order valence-electron chi connectivity index (χ2n) is 5.63. The minimum atomic E-state index is -0.592. The van der Waals surface area contributed by atoms with Crippen LogP contribution < -0.4 is 9.47 Å². The summed E-state index contributed by atoms with van der Waals surface area (Å²) in [5.74, 6) is 1.39.